The lowest BCUT2D eigenvalue weighted by atomic mass is 9.79. The molecule has 0 fully saturated rings. The molecule has 0 saturated heterocycles. The first kappa shape index (κ1) is 22.6. The number of aromatic hydroxyl groups is 1. The first-order valence-electron chi connectivity index (χ1n) is 9.02. The molecule has 1 atom stereocenters. The van der Waals surface area contributed by atoms with Gasteiger partial charge in [-0.2, -0.15) is 0 Å². The fraction of sp³-hybridized carbons (Fsp3) is 0.455. The van der Waals surface area contributed by atoms with Crippen molar-refractivity contribution in [3.8, 4) is 5.75 Å². The van der Waals surface area contributed by atoms with Crippen molar-refractivity contribution in [3.63, 3.8) is 0 Å². The molecule has 0 spiro atoms. The van der Waals surface area contributed by atoms with Crippen molar-refractivity contribution in [2.24, 2.45) is 0 Å². The molecule has 0 bridgehead atoms. The minimum Gasteiger partial charge on any atom is -0.507 e. The van der Waals surface area contributed by atoms with E-state index in [1.165, 1.54) is 0 Å². The monoisotopic (exact) mass is 412 g/mol. The number of rotatable bonds is 4. The molecule has 0 amide bonds. The molecule has 0 heterocycles. The van der Waals surface area contributed by atoms with Crippen LogP contribution < -0.4 is 0 Å². The van der Waals surface area contributed by atoms with Gasteiger partial charge in [-0.3, -0.25) is 4.74 Å². The lowest BCUT2D eigenvalue weighted by Crippen LogP contribution is -2.18. The second-order valence-corrected chi connectivity index (χ2v) is 9.93. The molecule has 1 unspecified atom stereocenters. The summed E-state index contributed by atoms with van der Waals surface area (Å²) in [6.07, 6.45) is -4.76. The predicted octanol–water partition coefficient (Wildman–Crippen LogP) is 7.31. The van der Waals surface area contributed by atoms with Crippen LogP contribution in [0.1, 0.15) is 63.7 Å². The highest BCUT2D eigenvalue weighted by atomic mass is 32.2. The second kappa shape index (κ2) is 7.99. The average molecular weight is 413 g/mol. The van der Waals surface area contributed by atoms with Gasteiger partial charge in [-0.05, 0) is 28.5 Å². The van der Waals surface area contributed by atoms with Crippen molar-refractivity contribution in [2.75, 3.05) is 0 Å². The molecule has 28 heavy (non-hydrogen) atoms. The van der Waals surface area contributed by atoms with Crippen LogP contribution in [0.4, 0.5) is 13.2 Å². The van der Waals surface area contributed by atoms with Crippen molar-refractivity contribution in [1.82, 2.24) is 0 Å². The topological polar surface area (TPSA) is 29.5 Å². The van der Waals surface area contributed by atoms with Gasteiger partial charge in [0.05, 0.1) is 0 Å². The Morgan fingerprint density at radius 1 is 0.857 bits per heavy atom. The number of alkyl halides is 3. The molecular weight excluding hydrogens is 385 g/mol. The van der Waals surface area contributed by atoms with Crippen molar-refractivity contribution < 1.29 is 23.0 Å². The number of benzene rings is 2. The zero-order valence-electron chi connectivity index (χ0n) is 17.0. The highest BCUT2D eigenvalue weighted by Crippen LogP contribution is 2.46. The van der Waals surface area contributed by atoms with E-state index in [1.54, 1.807) is 42.5 Å². The normalized spacial score (nSPS) is 14.2. The SMILES string of the molecule is CC(C)(C)c1cc(SC(OC(F)(F)F)c2ccccc2)cc(C(C)(C)C)c1O. The Morgan fingerprint density at radius 2 is 1.32 bits per heavy atom. The van der Waals surface area contributed by atoms with Crippen molar-refractivity contribution in [1.29, 1.82) is 0 Å². The number of phenolic OH excluding ortho intramolecular Hbond substituents is 1. The lowest BCUT2D eigenvalue weighted by molar-refractivity contribution is -0.331. The van der Waals surface area contributed by atoms with Gasteiger partial charge < -0.3 is 5.11 Å². The number of hydrogen-bond acceptors (Lipinski definition) is 3. The molecule has 0 aromatic heterocycles. The third kappa shape index (κ3) is 5.92. The maximum atomic E-state index is 13.0. The van der Waals surface area contributed by atoms with Crippen LogP contribution in [0.15, 0.2) is 47.4 Å². The Labute approximate surface area is 169 Å². The van der Waals surface area contributed by atoms with E-state index in [1.807, 2.05) is 41.5 Å². The maximum absolute atomic E-state index is 13.0. The van der Waals surface area contributed by atoms with E-state index in [4.69, 9.17) is 0 Å². The number of halogens is 3. The Balaban J connectivity index is 2.55. The molecule has 0 aliphatic rings. The number of thioether (sulfide) groups is 1. The summed E-state index contributed by atoms with van der Waals surface area (Å²) in [6, 6.07) is 11.8. The summed E-state index contributed by atoms with van der Waals surface area (Å²) in [4.78, 5) is 0.616. The van der Waals surface area contributed by atoms with Gasteiger partial charge in [-0.15, -0.1) is 13.2 Å². The Hall–Kier alpha value is -1.66. The third-order valence-electron chi connectivity index (χ3n) is 4.25. The summed E-state index contributed by atoms with van der Waals surface area (Å²) in [5, 5.41) is 10.8. The smallest absolute Gasteiger partial charge is 0.507 e. The highest BCUT2D eigenvalue weighted by molar-refractivity contribution is 7.99. The summed E-state index contributed by atoms with van der Waals surface area (Å²) in [5.74, 6) is 0.192. The Kier molecular flexibility index (Phi) is 6.46. The zero-order chi connectivity index (χ0) is 21.3. The summed E-state index contributed by atoms with van der Waals surface area (Å²) >= 11 is 0.985. The van der Waals surface area contributed by atoms with Crippen molar-refractivity contribution in [2.45, 2.75) is 69.1 Å². The zero-order valence-corrected chi connectivity index (χ0v) is 17.8. The molecule has 154 valence electrons. The first-order chi connectivity index (χ1) is 12.7. The number of ether oxygens (including phenoxy) is 1. The summed E-state index contributed by atoms with van der Waals surface area (Å²) in [7, 11) is 0. The van der Waals surface area contributed by atoms with Gasteiger partial charge in [0.25, 0.3) is 0 Å². The van der Waals surface area contributed by atoms with Crippen molar-refractivity contribution in [3.05, 3.63) is 59.2 Å². The van der Waals surface area contributed by atoms with Gasteiger partial charge in [0, 0.05) is 16.0 Å². The standard InChI is InChI=1S/C22H27F3O2S/c1-20(2,3)16-12-15(13-17(18(16)26)21(4,5)6)28-19(27-22(23,24)25)14-10-8-7-9-11-14/h7-13,19,26H,1-6H3. The van der Waals surface area contributed by atoms with Gasteiger partial charge in [0.2, 0.25) is 0 Å². The molecule has 2 nitrogen and oxygen atoms in total. The minimum atomic E-state index is -4.76. The largest absolute Gasteiger partial charge is 0.523 e. The minimum absolute atomic E-state index is 0.192. The van der Waals surface area contributed by atoms with E-state index in [2.05, 4.69) is 4.74 Å². The van der Waals surface area contributed by atoms with E-state index in [9.17, 15) is 18.3 Å². The number of hydrogen-bond donors (Lipinski definition) is 1. The van der Waals surface area contributed by atoms with Crippen LogP contribution in [0.3, 0.4) is 0 Å². The van der Waals surface area contributed by atoms with Gasteiger partial charge in [-0.1, -0.05) is 83.6 Å². The van der Waals surface area contributed by atoms with Gasteiger partial charge in [-0.25, -0.2) is 0 Å². The van der Waals surface area contributed by atoms with Crippen LogP contribution in [0.25, 0.3) is 0 Å². The fourth-order valence-corrected chi connectivity index (χ4v) is 3.90. The quantitative estimate of drug-likeness (QED) is 0.421. The molecule has 0 saturated carbocycles. The van der Waals surface area contributed by atoms with Crippen LogP contribution >= 0.6 is 11.8 Å². The predicted molar refractivity (Wildman–Crippen MR) is 108 cm³/mol. The highest BCUT2D eigenvalue weighted by Gasteiger charge is 2.35. The van der Waals surface area contributed by atoms with Crippen LogP contribution in [0.2, 0.25) is 0 Å². The van der Waals surface area contributed by atoms with Gasteiger partial charge >= 0.3 is 6.36 Å². The first-order valence-corrected chi connectivity index (χ1v) is 9.90. The Morgan fingerprint density at radius 3 is 1.71 bits per heavy atom. The van der Waals surface area contributed by atoms with E-state index in [-0.39, 0.29) is 16.6 Å². The van der Waals surface area contributed by atoms with Crippen LogP contribution in [-0.4, -0.2) is 11.5 Å². The summed E-state index contributed by atoms with van der Waals surface area (Å²) < 4.78 is 43.5. The third-order valence-corrected chi connectivity index (χ3v) is 5.35. The van der Waals surface area contributed by atoms with E-state index in [0.29, 0.717) is 21.6 Å². The van der Waals surface area contributed by atoms with Crippen LogP contribution in [0, 0.1) is 0 Å². The van der Waals surface area contributed by atoms with E-state index < -0.39 is 11.8 Å². The van der Waals surface area contributed by atoms with E-state index in [0.717, 1.165) is 11.8 Å². The molecule has 2 aromatic carbocycles. The molecule has 0 radical (unpaired) electrons. The lowest BCUT2D eigenvalue weighted by Gasteiger charge is -2.29. The molecule has 1 N–H and O–H groups in total. The van der Waals surface area contributed by atoms with Crippen LogP contribution in [0.5, 0.6) is 5.75 Å². The Bertz CT molecular complexity index is 768. The second-order valence-electron chi connectivity index (χ2n) is 8.79. The van der Waals surface area contributed by atoms with Crippen LogP contribution in [-0.2, 0) is 15.6 Å². The van der Waals surface area contributed by atoms with Crippen molar-refractivity contribution >= 4 is 11.8 Å². The number of phenols is 1. The summed E-state index contributed by atoms with van der Waals surface area (Å²) in [5.41, 5.74) is -0.164. The molecule has 6 heteroatoms. The molecular formula is C22H27F3O2S. The molecule has 0 aliphatic carbocycles. The molecule has 2 rings (SSSR count). The molecule has 0 aliphatic heterocycles. The molecule has 2 aromatic rings. The van der Waals surface area contributed by atoms with E-state index >= 15 is 0 Å². The average Bonchev–Trinajstić information content (AvgIpc) is 2.53. The van der Waals surface area contributed by atoms with Gasteiger partial charge in [0.1, 0.15) is 11.2 Å². The fourth-order valence-electron chi connectivity index (χ4n) is 2.83. The summed E-state index contributed by atoms with van der Waals surface area (Å²) in [6.45, 7) is 11.8. The van der Waals surface area contributed by atoms with Gasteiger partial charge in [0.15, 0.2) is 0 Å². The maximum Gasteiger partial charge on any atom is 0.523 e.